The van der Waals surface area contributed by atoms with Crippen LogP contribution < -0.4 is 11.1 Å². The Kier molecular flexibility index (Phi) is 6.16. The van der Waals surface area contributed by atoms with E-state index in [-0.39, 0.29) is 24.6 Å². The molecule has 1 rings (SSSR count). The normalized spacial score (nSPS) is 13.7. The number of nitrogens with two attached hydrogens (primary N) is 1. The predicted molar refractivity (Wildman–Crippen MR) is 79.8 cm³/mol. The summed E-state index contributed by atoms with van der Waals surface area (Å²) in [4.78, 5) is 12.1. The van der Waals surface area contributed by atoms with Gasteiger partial charge in [0.1, 0.15) is 15.8 Å². The molecule has 0 aliphatic rings. The number of nitrogens with zero attached hydrogens (tertiary/aromatic N) is 1. The van der Waals surface area contributed by atoms with Crippen molar-refractivity contribution in [1.29, 1.82) is 0 Å². The third kappa shape index (κ3) is 6.26. The molecule has 1 amide bonds. The molecule has 1 unspecified atom stereocenters. The highest BCUT2D eigenvalue weighted by Crippen LogP contribution is 2.09. The van der Waals surface area contributed by atoms with E-state index in [1.807, 2.05) is 30.3 Å². The molecule has 1 atom stereocenters. The maximum Gasteiger partial charge on any atom is 0.231 e. The summed E-state index contributed by atoms with van der Waals surface area (Å²) in [6.07, 6.45) is 1.35. The number of hydrogen-bond donors (Lipinski definition) is 3. The first-order valence-electron chi connectivity index (χ1n) is 6.30. The number of nitrogens with one attached hydrogen (secondary N) is 1. The standard InChI is InChI=1S/C13H19N3O4S/c1-21(19,20)8-7-15-13(17)11(12(14)16-18)9-10-5-3-2-4-6-10/h2-6,11,18H,7-9H2,1H3,(H2,14,16)(H,15,17). The van der Waals surface area contributed by atoms with Crippen LogP contribution >= 0.6 is 0 Å². The van der Waals surface area contributed by atoms with Crippen molar-refractivity contribution in [3.8, 4) is 0 Å². The van der Waals surface area contributed by atoms with Gasteiger partial charge >= 0.3 is 0 Å². The second kappa shape index (κ2) is 7.63. The molecule has 4 N–H and O–H groups in total. The zero-order valence-electron chi connectivity index (χ0n) is 11.7. The highest BCUT2D eigenvalue weighted by atomic mass is 32.2. The van der Waals surface area contributed by atoms with Crippen molar-refractivity contribution < 1.29 is 18.4 Å². The molecule has 0 fully saturated rings. The molecule has 7 nitrogen and oxygen atoms in total. The van der Waals surface area contributed by atoms with Crippen LogP contribution in [0.2, 0.25) is 0 Å². The number of amides is 1. The van der Waals surface area contributed by atoms with Gasteiger partial charge in [-0.2, -0.15) is 0 Å². The number of hydrogen-bond acceptors (Lipinski definition) is 5. The van der Waals surface area contributed by atoms with Crippen molar-refractivity contribution in [3.05, 3.63) is 35.9 Å². The van der Waals surface area contributed by atoms with Crippen LogP contribution in [0.5, 0.6) is 0 Å². The number of oxime groups is 1. The van der Waals surface area contributed by atoms with Gasteiger partial charge in [0.2, 0.25) is 5.91 Å². The number of sulfone groups is 1. The molecule has 1 aromatic rings. The predicted octanol–water partition coefficient (Wildman–Crippen LogP) is -0.247. The van der Waals surface area contributed by atoms with Gasteiger partial charge < -0.3 is 16.3 Å². The molecular formula is C13H19N3O4S. The number of benzene rings is 1. The first-order valence-corrected chi connectivity index (χ1v) is 8.36. The van der Waals surface area contributed by atoms with E-state index >= 15 is 0 Å². The highest BCUT2D eigenvalue weighted by Gasteiger charge is 2.23. The van der Waals surface area contributed by atoms with Crippen molar-refractivity contribution in [2.24, 2.45) is 16.8 Å². The van der Waals surface area contributed by atoms with Crippen molar-refractivity contribution in [1.82, 2.24) is 5.32 Å². The quantitative estimate of drug-likeness (QED) is 0.277. The molecule has 0 aliphatic heterocycles. The van der Waals surface area contributed by atoms with Crippen LogP contribution in [0.4, 0.5) is 0 Å². The van der Waals surface area contributed by atoms with Gasteiger partial charge in [-0.1, -0.05) is 35.5 Å². The lowest BCUT2D eigenvalue weighted by Crippen LogP contribution is -2.41. The van der Waals surface area contributed by atoms with E-state index in [0.717, 1.165) is 11.8 Å². The molecule has 0 heterocycles. The first kappa shape index (κ1) is 17.0. The van der Waals surface area contributed by atoms with Gasteiger partial charge in [-0.05, 0) is 12.0 Å². The molecule has 0 bridgehead atoms. The Morgan fingerprint density at radius 1 is 1.38 bits per heavy atom. The van der Waals surface area contributed by atoms with E-state index in [1.165, 1.54) is 0 Å². The lowest BCUT2D eigenvalue weighted by Gasteiger charge is -2.15. The summed E-state index contributed by atoms with van der Waals surface area (Å²) in [5.41, 5.74) is 6.40. The Labute approximate surface area is 123 Å². The first-order chi connectivity index (χ1) is 9.83. The van der Waals surface area contributed by atoms with Crippen LogP contribution in [0, 0.1) is 5.92 Å². The average molecular weight is 313 g/mol. The molecule has 0 aromatic heterocycles. The zero-order valence-corrected chi connectivity index (χ0v) is 12.5. The molecule has 0 aliphatic carbocycles. The van der Waals surface area contributed by atoms with E-state index in [9.17, 15) is 13.2 Å². The van der Waals surface area contributed by atoms with Gasteiger partial charge in [0.25, 0.3) is 0 Å². The Hall–Kier alpha value is -2.09. The summed E-state index contributed by atoms with van der Waals surface area (Å²) in [6, 6.07) is 9.12. The monoisotopic (exact) mass is 313 g/mol. The third-order valence-corrected chi connectivity index (χ3v) is 3.79. The maximum absolute atomic E-state index is 12.1. The van der Waals surface area contributed by atoms with Crippen LogP contribution in [-0.4, -0.2) is 43.9 Å². The Bertz CT molecular complexity index is 599. The number of carbonyl (C=O) groups excluding carboxylic acids is 1. The van der Waals surface area contributed by atoms with Gasteiger partial charge in [0.15, 0.2) is 5.84 Å². The Morgan fingerprint density at radius 2 is 2.00 bits per heavy atom. The molecule has 0 spiro atoms. The van der Waals surface area contributed by atoms with E-state index in [2.05, 4.69) is 10.5 Å². The smallest absolute Gasteiger partial charge is 0.231 e. The van der Waals surface area contributed by atoms with Crippen LogP contribution in [0.25, 0.3) is 0 Å². The van der Waals surface area contributed by atoms with Gasteiger partial charge in [-0.15, -0.1) is 0 Å². The third-order valence-electron chi connectivity index (χ3n) is 2.84. The molecule has 8 heteroatoms. The summed E-state index contributed by atoms with van der Waals surface area (Å²) in [5.74, 6) is -1.70. The molecule has 21 heavy (non-hydrogen) atoms. The Balaban J connectivity index is 2.72. The van der Waals surface area contributed by atoms with Crippen molar-refractivity contribution in [2.45, 2.75) is 6.42 Å². The summed E-state index contributed by atoms with van der Waals surface area (Å²) in [6.45, 7) is -0.0122. The minimum absolute atomic E-state index is 0.0122. The second-order valence-corrected chi connectivity index (χ2v) is 6.95. The molecule has 1 aromatic carbocycles. The van der Waals surface area contributed by atoms with E-state index in [0.29, 0.717) is 0 Å². The summed E-state index contributed by atoms with van der Waals surface area (Å²) >= 11 is 0. The van der Waals surface area contributed by atoms with Gasteiger partial charge in [-0.25, -0.2) is 8.42 Å². The van der Waals surface area contributed by atoms with Crippen molar-refractivity contribution >= 4 is 21.6 Å². The molecule has 0 saturated heterocycles. The van der Waals surface area contributed by atoms with Crippen LogP contribution in [0.1, 0.15) is 5.56 Å². The van der Waals surface area contributed by atoms with Crippen molar-refractivity contribution in [2.75, 3.05) is 18.6 Å². The maximum atomic E-state index is 12.1. The summed E-state index contributed by atoms with van der Waals surface area (Å²) < 4.78 is 22.0. The van der Waals surface area contributed by atoms with Gasteiger partial charge in [0.05, 0.1) is 5.75 Å². The lowest BCUT2D eigenvalue weighted by molar-refractivity contribution is -0.122. The minimum Gasteiger partial charge on any atom is -0.409 e. The zero-order chi connectivity index (χ0) is 15.9. The number of amidine groups is 1. The van der Waals surface area contributed by atoms with E-state index in [4.69, 9.17) is 10.9 Å². The summed E-state index contributed by atoms with van der Waals surface area (Å²) in [5, 5.41) is 14.1. The molecule has 0 saturated carbocycles. The molecule has 0 radical (unpaired) electrons. The number of carbonyl (C=O) groups is 1. The number of rotatable bonds is 7. The summed E-state index contributed by atoms with van der Waals surface area (Å²) in [7, 11) is -3.16. The van der Waals surface area contributed by atoms with E-state index < -0.39 is 21.7 Å². The van der Waals surface area contributed by atoms with Crippen LogP contribution in [-0.2, 0) is 21.1 Å². The lowest BCUT2D eigenvalue weighted by atomic mass is 9.97. The molecular weight excluding hydrogens is 294 g/mol. The van der Waals surface area contributed by atoms with E-state index in [1.54, 1.807) is 0 Å². The highest BCUT2D eigenvalue weighted by molar-refractivity contribution is 7.90. The fourth-order valence-electron chi connectivity index (χ4n) is 1.73. The fraction of sp³-hybridized carbons (Fsp3) is 0.385. The Morgan fingerprint density at radius 3 is 2.52 bits per heavy atom. The largest absolute Gasteiger partial charge is 0.409 e. The topological polar surface area (TPSA) is 122 Å². The van der Waals surface area contributed by atoms with Crippen LogP contribution in [0.3, 0.4) is 0 Å². The van der Waals surface area contributed by atoms with Crippen molar-refractivity contribution in [3.63, 3.8) is 0 Å². The SMILES string of the molecule is CS(=O)(=O)CCNC(=O)C(Cc1ccccc1)C(N)=NO. The van der Waals surface area contributed by atoms with Crippen LogP contribution in [0.15, 0.2) is 35.5 Å². The molecule has 116 valence electrons. The van der Waals surface area contributed by atoms with Gasteiger partial charge in [-0.3, -0.25) is 4.79 Å². The fourth-order valence-corrected chi connectivity index (χ4v) is 2.21. The minimum atomic E-state index is -3.16. The second-order valence-electron chi connectivity index (χ2n) is 4.69. The van der Waals surface area contributed by atoms with Gasteiger partial charge in [0, 0.05) is 12.8 Å². The average Bonchev–Trinajstić information content (AvgIpc) is 2.43.